The Morgan fingerprint density at radius 2 is 1.67 bits per heavy atom. The summed E-state index contributed by atoms with van der Waals surface area (Å²) >= 11 is 0. The van der Waals surface area contributed by atoms with Crippen molar-refractivity contribution in [3.05, 3.63) is 71.8 Å². The van der Waals surface area contributed by atoms with E-state index in [1.165, 1.54) is 7.11 Å². The van der Waals surface area contributed by atoms with Crippen LogP contribution in [0.25, 0.3) is 0 Å². The Morgan fingerprint density at radius 3 is 2.33 bits per heavy atom. The highest BCUT2D eigenvalue weighted by atomic mass is 16.7. The van der Waals surface area contributed by atoms with Crippen molar-refractivity contribution in [2.24, 2.45) is 0 Å². The molecule has 42 heavy (non-hydrogen) atoms. The topological polar surface area (TPSA) is 148 Å². The average Bonchev–Trinajstić information content (AvgIpc) is 3.42. The number of fused-ring (bicyclic) bond motifs is 1. The van der Waals surface area contributed by atoms with Crippen molar-refractivity contribution in [1.29, 1.82) is 0 Å². The summed E-state index contributed by atoms with van der Waals surface area (Å²) in [5, 5.41) is 13.3. The number of hydrogen-bond acceptors (Lipinski definition) is 11. The molecule has 3 aliphatic rings. The summed E-state index contributed by atoms with van der Waals surface area (Å²) < 4.78 is 41.2. The van der Waals surface area contributed by atoms with Gasteiger partial charge < -0.3 is 43.6 Å². The molecule has 2 aromatic carbocycles. The van der Waals surface area contributed by atoms with Crippen LogP contribution in [-0.2, 0) is 44.6 Å². The van der Waals surface area contributed by atoms with Gasteiger partial charge in [0.1, 0.15) is 24.4 Å². The Kier molecular flexibility index (Phi) is 9.39. The van der Waals surface area contributed by atoms with Crippen molar-refractivity contribution in [2.45, 2.75) is 88.0 Å². The van der Waals surface area contributed by atoms with Gasteiger partial charge >= 0.3 is 18.0 Å². The van der Waals surface area contributed by atoms with Crippen molar-refractivity contribution in [2.75, 3.05) is 7.11 Å². The maximum Gasteiger partial charge on any atom is 0.408 e. The molecule has 1 amide bonds. The zero-order chi connectivity index (χ0) is 29.8. The smallest absolute Gasteiger partial charge is 0.408 e. The van der Waals surface area contributed by atoms with E-state index in [0.29, 0.717) is 12.0 Å². The van der Waals surface area contributed by atoms with Crippen LogP contribution < -0.4 is 5.32 Å². The first kappa shape index (κ1) is 29.9. The van der Waals surface area contributed by atoms with Crippen LogP contribution in [0.2, 0.25) is 0 Å². The molecule has 3 aliphatic heterocycles. The fourth-order valence-corrected chi connectivity index (χ4v) is 5.46. The van der Waals surface area contributed by atoms with Gasteiger partial charge in [0.25, 0.3) is 0 Å². The van der Waals surface area contributed by atoms with Gasteiger partial charge in [-0.3, -0.25) is 0 Å². The van der Waals surface area contributed by atoms with E-state index < -0.39 is 79.2 Å². The van der Waals surface area contributed by atoms with Crippen molar-refractivity contribution >= 4 is 18.0 Å². The van der Waals surface area contributed by atoms with E-state index in [1.54, 1.807) is 37.3 Å². The number of carbonyl (C=O) groups excluding carboxylic acids is 3. The zero-order valence-corrected chi connectivity index (χ0v) is 23.5. The number of hydrogen-bond donors (Lipinski definition) is 2. The van der Waals surface area contributed by atoms with E-state index in [0.717, 1.165) is 5.56 Å². The number of aliphatic hydroxyl groups is 1. The molecular formula is C30H35NO11. The number of aliphatic hydroxyl groups excluding tert-OH is 1. The van der Waals surface area contributed by atoms with E-state index in [1.807, 2.05) is 37.3 Å². The van der Waals surface area contributed by atoms with Crippen molar-refractivity contribution in [1.82, 2.24) is 5.32 Å². The van der Waals surface area contributed by atoms with Crippen molar-refractivity contribution in [3.8, 4) is 0 Å². The minimum atomic E-state index is -1.30. The third kappa shape index (κ3) is 6.27. The van der Waals surface area contributed by atoms with Gasteiger partial charge in [0.2, 0.25) is 0 Å². The summed E-state index contributed by atoms with van der Waals surface area (Å²) in [6.45, 7) is 3.57. The average molecular weight is 586 g/mol. The number of methoxy groups -OCH3 is 1. The number of ether oxygens (including phenoxy) is 7. The predicted octanol–water partition coefficient (Wildman–Crippen LogP) is 2.12. The van der Waals surface area contributed by atoms with E-state index in [2.05, 4.69) is 5.32 Å². The predicted molar refractivity (Wildman–Crippen MR) is 144 cm³/mol. The number of nitrogens with one attached hydrogen (secondary N) is 1. The van der Waals surface area contributed by atoms with Gasteiger partial charge in [-0.05, 0) is 31.0 Å². The molecule has 2 aromatic rings. The molecule has 4 unspecified atom stereocenters. The fourth-order valence-electron chi connectivity index (χ4n) is 5.46. The van der Waals surface area contributed by atoms with Gasteiger partial charge in [0, 0.05) is 0 Å². The van der Waals surface area contributed by atoms with Gasteiger partial charge in [-0.25, -0.2) is 14.4 Å². The van der Waals surface area contributed by atoms with Crippen LogP contribution in [0.15, 0.2) is 60.7 Å². The normalized spacial score (nSPS) is 34.0. The third-order valence-corrected chi connectivity index (χ3v) is 7.64. The molecule has 0 saturated carbocycles. The molecule has 0 radical (unpaired) electrons. The minimum Gasteiger partial charge on any atom is -0.467 e. The quantitative estimate of drug-likeness (QED) is 0.329. The standard InChI is InChI=1S/C30H35NO11/c1-4-19-21(32)23-20(31-30(35)42-23)29(39-19)41-25-24(37-15-17-11-7-5-8-12-17)22(16(2)38-26(25)28(34)36-3)40-27(33)18-13-9-6-10-14-18/h5-14,16,19-26,29,32H,4,15H2,1-3H3,(H,31,35)/t16-,19?,20?,21-,22?,23-,24+,25-,26?,29+/m1/s1. The van der Waals surface area contributed by atoms with Crippen LogP contribution in [0.1, 0.15) is 36.2 Å². The molecule has 3 saturated heterocycles. The van der Waals surface area contributed by atoms with Gasteiger partial charge in [-0.2, -0.15) is 0 Å². The second kappa shape index (κ2) is 13.2. The Morgan fingerprint density at radius 1 is 0.976 bits per heavy atom. The molecule has 0 bridgehead atoms. The second-order valence-electron chi connectivity index (χ2n) is 10.4. The zero-order valence-electron chi connectivity index (χ0n) is 23.5. The van der Waals surface area contributed by atoms with Crippen molar-refractivity contribution < 1.29 is 52.6 Å². The molecule has 3 heterocycles. The maximum absolute atomic E-state index is 13.2. The third-order valence-electron chi connectivity index (χ3n) is 7.64. The summed E-state index contributed by atoms with van der Waals surface area (Å²) in [5.74, 6) is -1.35. The van der Waals surface area contributed by atoms with E-state index in [-0.39, 0.29) is 6.61 Å². The SMILES string of the molecule is CCC1O[C@@H](O[C@H]2C(C(=O)OC)O[C@H](C)C(OC(=O)c3ccccc3)[C@@H]2OCc2ccccc2)C2NC(=O)O[C@H]2[C@@H]1O. The van der Waals surface area contributed by atoms with Crippen LogP contribution in [0.5, 0.6) is 0 Å². The first-order valence-electron chi connectivity index (χ1n) is 13.9. The number of alkyl carbamates (subject to hydrolysis) is 1. The molecule has 0 aliphatic carbocycles. The highest BCUT2D eigenvalue weighted by Gasteiger charge is 2.57. The number of benzene rings is 2. The van der Waals surface area contributed by atoms with Gasteiger partial charge in [-0.1, -0.05) is 55.5 Å². The molecular weight excluding hydrogens is 550 g/mol. The molecule has 0 spiro atoms. The molecule has 226 valence electrons. The Bertz CT molecular complexity index is 1230. The van der Waals surface area contributed by atoms with Gasteiger partial charge in [0.05, 0.1) is 31.5 Å². The van der Waals surface area contributed by atoms with E-state index >= 15 is 0 Å². The number of rotatable bonds is 9. The number of carbonyl (C=O) groups is 3. The lowest BCUT2D eigenvalue weighted by atomic mass is 9.93. The molecule has 3 fully saturated rings. The Labute approximate surface area is 243 Å². The lowest BCUT2D eigenvalue weighted by Gasteiger charge is -2.47. The maximum atomic E-state index is 13.2. The van der Waals surface area contributed by atoms with Crippen molar-refractivity contribution in [3.63, 3.8) is 0 Å². The molecule has 12 heteroatoms. The van der Waals surface area contributed by atoms with Crippen LogP contribution >= 0.6 is 0 Å². The minimum absolute atomic E-state index is 0.0963. The molecule has 0 aromatic heterocycles. The summed E-state index contributed by atoms with van der Waals surface area (Å²) in [7, 11) is 1.22. The van der Waals surface area contributed by atoms with Crippen LogP contribution in [0.3, 0.4) is 0 Å². The van der Waals surface area contributed by atoms with Crippen LogP contribution in [-0.4, -0.2) is 91.4 Å². The number of amides is 1. The van der Waals surface area contributed by atoms with E-state index in [4.69, 9.17) is 33.2 Å². The lowest BCUT2D eigenvalue weighted by Crippen LogP contribution is -2.66. The second-order valence-corrected chi connectivity index (χ2v) is 10.4. The fraction of sp³-hybridized carbons (Fsp3) is 0.500. The summed E-state index contributed by atoms with van der Waals surface area (Å²) in [5.41, 5.74) is 1.15. The summed E-state index contributed by atoms with van der Waals surface area (Å²) in [6.07, 6.45) is -9.66. The molecule has 12 nitrogen and oxygen atoms in total. The Hall–Kier alpha value is -3.55. The monoisotopic (exact) mass is 585 g/mol. The highest BCUT2D eigenvalue weighted by molar-refractivity contribution is 5.89. The van der Waals surface area contributed by atoms with Crippen LogP contribution in [0, 0.1) is 0 Å². The molecule has 5 rings (SSSR count). The largest absolute Gasteiger partial charge is 0.467 e. The first-order chi connectivity index (χ1) is 20.3. The summed E-state index contributed by atoms with van der Waals surface area (Å²) in [4.78, 5) is 38.3. The molecule has 2 N–H and O–H groups in total. The van der Waals surface area contributed by atoms with E-state index in [9.17, 15) is 19.5 Å². The van der Waals surface area contributed by atoms with Gasteiger partial charge in [-0.15, -0.1) is 0 Å². The van der Waals surface area contributed by atoms with Gasteiger partial charge in [0.15, 0.2) is 24.6 Å². The highest BCUT2D eigenvalue weighted by Crippen LogP contribution is 2.35. The molecule has 10 atom stereocenters. The summed E-state index contributed by atoms with van der Waals surface area (Å²) in [6, 6.07) is 16.9. The lowest BCUT2D eigenvalue weighted by molar-refractivity contribution is -0.314. The van der Waals surface area contributed by atoms with Crippen LogP contribution in [0.4, 0.5) is 4.79 Å². The number of esters is 2. The first-order valence-corrected chi connectivity index (χ1v) is 13.9. The Balaban J connectivity index is 1.48.